The van der Waals surface area contributed by atoms with E-state index < -0.39 is 6.55 Å². The van der Waals surface area contributed by atoms with Crippen molar-refractivity contribution in [3.05, 3.63) is 42.0 Å². The van der Waals surface area contributed by atoms with Gasteiger partial charge < -0.3 is 15.2 Å². The summed E-state index contributed by atoms with van der Waals surface area (Å²) in [6, 6.07) is 5.25. The van der Waals surface area contributed by atoms with E-state index in [9.17, 15) is 8.78 Å². The first-order valence-electron chi connectivity index (χ1n) is 5.95. The van der Waals surface area contributed by atoms with Crippen LogP contribution >= 0.6 is 0 Å². The maximum atomic E-state index is 12.7. The van der Waals surface area contributed by atoms with Crippen molar-refractivity contribution in [1.29, 1.82) is 0 Å². The molecule has 0 atom stereocenters. The normalized spacial score (nSPS) is 10.8. The average Bonchev–Trinajstić information content (AvgIpc) is 2.93. The number of ether oxygens (including phenoxy) is 2. The molecule has 1 aromatic carbocycles. The van der Waals surface area contributed by atoms with Crippen molar-refractivity contribution in [3.63, 3.8) is 0 Å². The van der Waals surface area contributed by atoms with Crippen molar-refractivity contribution in [1.82, 2.24) is 9.55 Å². The second kappa shape index (κ2) is 6.33. The fourth-order valence-corrected chi connectivity index (χ4v) is 1.74. The number of nitrogens with zero attached hydrogens (tertiary/aromatic N) is 2. The molecule has 20 heavy (non-hydrogen) atoms. The summed E-state index contributed by atoms with van der Waals surface area (Å²) in [7, 11) is 1.50. The highest BCUT2D eigenvalue weighted by atomic mass is 19.3. The molecule has 1 heterocycles. The zero-order valence-corrected chi connectivity index (χ0v) is 10.9. The third kappa shape index (κ3) is 3.05. The molecule has 0 saturated carbocycles. The van der Waals surface area contributed by atoms with E-state index in [-0.39, 0.29) is 12.4 Å². The van der Waals surface area contributed by atoms with Crippen LogP contribution in [0.2, 0.25) is 0 Å². The lowest BCUT2D eigenvalue weighted by atomic mass is 10.2. The van der Waals surface area contributed by atoms with Gasteiger partial charge in [-0.15, -0.1) is 0 Å². The van der Waals surface area contributed by atoms with Crippen molar-refractivity contribution >= 4 is 0 Å². The van der Waals surface area contributed by atoms with Gasteiger partial charge in [0.15, 0.2) is 17.3 Å². The molecule has 2 aromatic rings. The molecule has 0 saturated heterocycles. The largest absolute Gasteiger partial charge is 0.493 e. The predicted octanol–water partition coefficient (Wildman–Crippen LogP) is 2.32. The number of hydrogen-bond donors (Lipinski definition) is 1. The average molecular weight is 283 g/mol. The van der Waals surface area contributed by atoms with E-state index in [1.807, 2.05) is 6.07 Å². The predicted molar refractivity (Wildman–Crippen MR) is 68.7 cm³/mol. The molecule has 0 radical (unpaired) electrons. The molecule has 0 aliphatic carbocycles. The SMILES string of the molecule is COc1ccc(CN)cc1OCc1nccn1C(F)F. The maximum absolute atomic E-state index is 12.7. The molecule has 0 fully saturated rings. The highest BCUT2D eigenvalue weighted by Gasteiger charge is 2.13. The molecule has 0 amide bonds. The Hall–Kier alpha value is -2.15. The molecule has 0 bridgehead atoms. The van der Waals surface area contributed by atoms with Crippen molar-refractivity contribution in [2.45, 2.75) is 19.7 Å². The van der Waals surface area contributed by atoms with Crippen molar-refractivity contribution < 1.29 is 18.3 Å². The Labute approximate surface area is 114 Å². The Kier molecular flexibility index (Phi) is 4.52. The zero-order chi connectivity index (χ0) is 14.5. The number of rotatable bonds is 6. The summed E-state index contributed by atoms with van der Waals surface area (Å²) in [5.74, 6) is 1.09. The van der Waals surface area contributed by atoms with Gasteiger partial charge in [-0.05, 0) is 17.7 Å². The summed E-state index contributed by atoms with van der Waals surface area (Å²) in [6.45, 7) is -2.37. The Bertz CT molecular complexity index is 572. The van der Waals surface area contributed by atoms with Crippen LogP contribution in [-0.2, 0) is 13.2 Å². The van der Waals surface area contributed by atoms with E-state index in [1.54, 1.807) is 12.1 Å². The highest BCUT2D eigenvalue weighted by molar-refractivity contribution is 5.42. The molecule has 0 unspecified atom stereocenters. The molecular weight excluding hydrogens is 268 g/mol. The Morgan fingerprint density at radius 3 is 2.80 bits per heavy atom. The van der Waals surface area contributed by atoms with Crippen LogP contribution in [0.5, 0.6) is 11.5 Å². The summed E-state index contributed by atoms with van der Waals surface area (Å²) < 4.78 is 36.8. The van der Waals surface area contributed by atoms with Gasteiger partial charge in [0, 0.05) is 18.9 Å². The lowest BCUT2D eigenvalue weighted by Gasteiger charge is -2.12. The van der Waals surface area contributed by atoms with Crippen molar-refractivity contribution in [2.24, 2.45) is 5.73 Å². The van der Waals surface area contributed by atoms with Crippen molar-refractivity contribution in [2.75, 3.05) is 7.11 Å². The number of methoxy groups -OCH3 is 1. The summed E-state index contributed by atoms with van der Waals surface area (Å²) >= 11 is 0. The van der Waals surface area contributed by atoms with E-state index in [1.165, 1.54) is 19.5 Å². The molecule has 2 rings (SSSR count). The van der Waals surface area contributed by atoms with Crippen LogP contribution in [0.4, 0.5) is 8.78 Å². The van der Waals surface area contributed by atoms with Crippen LogP contribution in [-0.4, -0.2) is 16.7 Å². The van der Waals surface area contributed by atoms with Gasteiger partial charge in [-0.1, -0.05) is 6.07 Å². The number of nitrogens with two attached hydrogens (primary N) is 1. The number of halogens is 2. The zero-order valence-electron chi connectivity index (χ0n) is 10.9. The standard InChI is InChI=1S/C13H15F2N3O2/c1-19-10-3-2-9(7-16)6-11(10)20-8-12-17-4-5-18(12)13(14)15/h2-6,13H,7-8,16H2,1H3. The third-order valence-electron chi connectivity index (χ3n) is 2.78. The van der Waals surface area contributed by atoms with Crippen molar-refractivity contribution in [3.8, 4) is 11.5 Å². The van der Waals surface area contributed by atoms with Crippen LogP contribution < -0.4 is 15.2 Å². The molecule has 2 N–H and O–H groups in total. The van der Waals surface area contributed by atoms with E-state index >= 15 is 0 Å². The van der Waals surface area contributed by atoms with E-state index in [0.29, 0.717) is 18.0 Å². The molecule has 108 valence electrons. The van der Waals surface area contributed by atoms with Crippen LogP contribution in [0.1, 0.15) is 17.9 Å². The van der Waals surface area contributed by atoms with Gasteiger partial charge in [-0.25, -0.2) is 4.98 Å². The molecular formula is C13H15F2N3O2. The van der Waals surface area contributed by atoms with E-state index in [0.717, 1.165) is 10.1 Å². The fraction of sp³-hybridized carbons (Fsp3) is 0.308. The van der Waals surface area contributed by atoms with E-state index in [4.69, 9.17) is 15.2 Å². The van der Waals surface area contributed by atoms with Gasteiger partial charge >= 0.3 is 6.55 Å². The minimum Gasteiger partial charge on any atom is -0.493 e. The topological polar surface area (TPSA) is 62.3 Å². The summed E-state index contributed by atoms with van der Waals surface area (Å²) in [5, 5.41) is 0. The summed E-state index contributed by atoms with van der Waals surface area (Å²) in [6.07, 6.45) is 2.51. The first kappa shape index (κ1) is 14.3. The monoisotopic (exact) mass is 283 g/mol. The Morgan fingerprint density at radius 2 is 2.15 bits per heavy atom. The second-order valence-corrected chi connectivity index (χ2v) is 4.01. The fourth-order valence-electron chi connectivity index (χ4n) is 1.74. The molecule has 5 nitrogen and oxygen atoms in total. The number of benzene rings is 1. The van der Waals surface area contributed by atoms with Gasteiger partial charge in [0.1, 0.15) is 6.61 Å². The number of imidazole rings is 1. The first-order valence-corrected chi connectivity index (χ1v) is 5.95. The molecule has 0 aliphatic rings. The Morgan fingerprint density at radius 1 is 1.35 bits per heavy atom. The van der Waals surface area contributed by atoms with E-state index in [2.05, 4.69) is 4.98 Å². The first-order chi connectivity index (χ1) is 9.65. The lowest BCUT2D eigenvalue weighted by Crippen LogP contribution is -2.08. The molecule has 0 aliphatic heterocycles. The summed E-state index contributed by atoms with van der Waals surface area (Å²) in [4.78, 5) is 3.84. The lowest BCUT2D eigenvalue weighted by molar-refractivity contribution is 0.0631. The molecule has 0 spiro atoms. The number of alkyl halides is 2. The second-order valence-electron chi connectivity index (χ2n) is 4.01. The van der Waals surface area contributed by atoms with Gasteiger partial charge in [0.2, 0.25) is 0 Å². The van der Waals surface area contributed by atoms with Gasteiger partial charge in [-0.3, -0.25) is 4.57 Å². The highest BCUT2D eigenvalue weighted by Crippen LogP contribution is 2.28. The molecule has 1 aromatic heterocycles. The quantitative estimate of drug-likeness (QED) is 0.883. The minimum atomic E-state index is -2.65. The van der Waals surface area contributed by atoms with Gasteiger partial charge in [0.05, 0.1) is 7.11 Å². The molecule has 7 heteroatoms. The minimum absolute atomic E-state index is 0.0816. The van der Waals surface area contributed by atoms with Crippen LogP contribution in [0.25, 0.3) is 0 Å². The van der Waals surface area contributed by atoms with Gasteiger partial charge in [0.25, 0.3) is 0 Å². The van der Waals surface area contributed by atoms with Gasteiger partial charge in [-0.2, -0.15) is 8.78 Å². The van der Waals surface area contributed by atoms with Crippen LogP contribution in [0.15, 0.2) is 30.6 Å². The number of aromatic nitrogens is 2. The maximum Gasteiger partial charge on any atom is 0.320 e. The van der Waals surface area contributed by atoms with Crippen LogP contribution in [0.3, 0.4) is 0 Å². The smallest absolute Gasteiger partial charge is 0.320 e. The Balaban J connectivity index is 2.15. The summed E-state index contributed by atoms with van der Waals surface area (Å²) in [5.41, 5.74) is 6.41. The number of hydrogen-bond acceptors (Lipinski definition) is 4. The third-order valence-corrected chi connectivity index (χ3v) is 2.78. The van der Waals surface area contributed by atoms with Crippen LogP contribution in [0, 0.1) is 0 Å².